The lowest BCUT2D eigenvalue weighted by molar-refractivity contribution is 0.396. The molecule has 0 atom stereocenters. The molecular formula is C17H23N3O2. The number of fused-ring (bicyclic) bond motifs is 1. The van der Waals surface area contributed by atoms with E-state index in [1.165, 1.54) is 32.1 Å². The molecule has 1 aromatic carbocycles. The number of benzene rings is 1. The summed E-state index contributed by atoms with van der Waals surface area (Å²) in [5.74, 6) is 1.93. The van der Waals surface area contributed by atoms with Gasteiger partial charge in [0.1, 0.15) is 12.1 Å². The number of nitrogens with two attached hydrogens (primary N) is 1. The van der Waals surface area contributed by atoms with Gasteiger partial charge in [-0.2, -0.15) is 0 Å². The number of para-hydroxylation sites is 1. The SMILES string of the molecule is COc1c(CN=C(N)NC2CCCCC2)oc2ccccc12. The Hall–Kier alpha value is -2.17. The van der Waals surface area contributed by atoms with Crippen molar-refractivity contribution in [2.45, 2.75) is 44.7 Å². The van der Waals surface area contributed by atoms with E-state index in [0.29, 0.717) is 24.3 Å². The molecule has 0 aliphatic heterocycles. The van der Waals surface area contributed by atoms with Gasteiger partial charge in [-0.15, -0.1) is 0 Å². The van der Waals surface area contributed by atoms with E-state index in [1.54, 1.807) is 7.11 Å². The van der Waals surface area contributed by atoms with Crippen LogP contribution in [0.25, 0.3) is 11.0 Å². The van der Waals surface area contributed by atoms with Crippen molar-refractivity contribution in [3.63, 3.8) is 0 Å². The zero-order valence-corrected chi connectivity index (χ0v) is 13.0. The molecule has 5 nitrogen and oxygen atoms in total. The second-order valence-corrected chi connectivity index (χ2v) is 5.74. The maximum absolute atomic E-state index is 5.99. The van der Waals surface area contributed by atoms with Crippen LogP contribution >= 0.6 is 0 Å². The fourth-order valence-corrected chi connectivity index (χ4v) is 3.06. The lowest BCUT2D eigenvalue weighted by Gasteiger charge is -2.23. The van der Waals surface area contributed by atoms with Crippen molar-refractivity contribution in [1.82, 2.24) is 5.32 Å². The van der Waals surface area contributed by atoms with Gasteiger partial charge in [-0.3, -0.25) is 0 Å². The van der Waals surface area contributed by atoms with Gasteiger partial charge in [0.2, 0.25) is 0 Å². The number of rotatable bonds is 4. The maximum Gasteiger partial charge on any atom is 0.189 e. The van der Waals surface area contributed by atoms with E-state index in [4.69, 9.17) is 14.9 Å². The quantitative estimate of drug-likeness (QED) is 0.672. The molecule has 5 heteroatoms. The number of methoxy groups -OCH3 is 1. The Balaban J connectivity index is 1.70. The fourth-order valence-electron chi connectivity index (χ4n) is 3.06. The highest BCUT2D eigenvalue weighted by molar-refractivity contribution is 5.85. The molecule has 1 aliphatic rings. The lowest BCUT2D eigenvalue weighted by atomic mass is 9.96. The standard InChI is InChI=1S/C17H23N3O2/c1-21-16-13-9-5-6-10-14(13)22-15(16)11-19-17(18)20-12-7-3-2-4-8-12/h5-6,9-10,12H,2-4,7-8,11H2,1H3,(H3,18,19,20). The van der Waals surface area contributed by atoms with Gasteiger partial charge in [-0.25, -0.2) is 4.99 Å². The molecule has 3 rings (SSSR count). The molecule has 1 heterocycles. The van der Waals surface area contributed by atoms with Crippen LogP contribution in [-0.4, -0.2) is 19.1 Å². The van der Waals surface area contributed by atoms with Crippen LogP contribution in [0.4, 0.5) is 0 Å². The van der Waals surface area contributed by atoms with Crippen molar-refractivity contribution >= 4 is 16.9 Å². The van der Waals surface area contributed by atoms with Crippen molar-refractivity contribution in [3.8, 4) is 5.75 Å². The highest BCUT2D eigenvalue weighted by atomic mass is 16.5. The van der Waals surface area contributed by atoms with Crippen LogP contribution in [0.1, 0.15) is 37.9 Å². The molecule has 1 aromatic heterocycles. The first kappa shape index (κ1) is 14.8. The number of hydrogen-bond donors (Lipinski definition) is 2. The fraction of sp³-hybridized carbons (Fsp3) is 0.471. The topological polar surface area (TPSA) is 72.8 Å². The van der Waals surface area contributed by atoms with Crippen LogP contribution in [0.3, 0.4) is 0 Å². The molecule has 0 unspecified atom stereocenters. The Kier molecular flexibility index (Phi) is 4.51. The van der Waals surface area contributed by atoms with E-state index in [1.807, 2.05) is 24.3 Å². The molecule has 0 saturated heterocycles. The van der Waals surface area contributed by atoms with E-state index < -0.39 is 0 Å². The average Bonchev–Trinajstić information content (AvgIpc) is 2.91. The van der Waals surface area contributed by atoms with Gasteiger partial charge < -0.3 is 20.2 Å². The molecule has 2 aromatic rings. The summed E-state index contributed by atoms with van der Waals surface area (Å²) in [7, 11) is 1.65. The Morgan fingerprint density at radius 3 is 2.86 bits per heavy atom. The van der Waals surface area contributed by atoms with Crippen LogP contribution in [0.5, 0.6) is 5.75 Å². The minimum Gasteiger partial charge on any atom is -0.492 e. The summed E-state index contributed by atoms with van der Waals surface area (Å²) in [6, 6.07) is 8.27. The normalized spacial score (nSPS) is 16.9. The summed E-state index contributed by atoms with van der Waals surface area (Å²) in [6.07, 6.45) is 6.20. The molecule has 1 aliphatic carbocycles. The third-order valence-electron chi connectivity index (χ3n) is 4.17. The van der Waals surface area contributed by atoms with Gasteiger partial charge in [0.05, 0.1) is 12.5 Å². The zero-order valence-electron chi connectivity index (χ0n) is 13.0. The number of ether oxygens (including phenoxy) is 1. The van der Waals surface area contributed by atoms with Crippen molar-refractivity contribution in [2.24, 2.45) is 10.7 Å². The monoisotopic (exact) mass is 301 g/mol. The molecular weight excluding hydrogens is 278 g/mol. The molecule has 0 radical (unpaired) electrons. The van der Waals surface area contributed by atoms with E-state index in [2.05, 4.69) is 10.3 Å². The summed E-state index contributed by atoms with van der Waals surface area (Å²) in [5.41, 5.74) is 6.80. The molecule has 0 bridgehead atoms. The molecule has 0 amide bonds. The average molecular weight is 301 g/mol. The number of hydrogen-bond acceptors (Lipinski definition) is 3. The number of nitrogens with one attached hydrogen (secondary N) is 1. The van der Waals surface area contributed by atoms with Gasteiger partial charge in [-0.05, 0) is 25.0 Å². The predicted octanol–water partition coefficient (Wildman–Crippen LogP) is 3.18. The third-order valence-corrected chi connectivity index (χ3v) is 4.17. The van der Waals surface area contributed by atoms with Crippen molar-refractivity contribution in [1.29, 1.82) is 0 Å². The largest absolute Gasteiger partial charge is 0.492 e. The van der Waals surface area contributed by atoms with Gasteiger partial charge in [0.25, 0.3) is 0 Å². The van der Waals surface area contributed by atoms with Gasteiger partial charge in [-0.1, -0.05) is 31.4 Å². The minimum absolute atomic E-state index is 0.378. The molecule has 1 saturated carbocycles. The van der Waals surface area contributed by atoms with E-state index in [0.717, 1.165) is 16.7 Å². The number of aliphatic imine (C=N–C) groups is 1. The zero-order chi connectivity index (χ0) is 15.4. The first-order valence-corrected chi connectivity index (χ1v) is 7.89. The van der Waals surface area contributed by atoms with Gasteiger partial charge in [0.15, 0.2) is 17.5 Å². The van der Waals surface area contributed by atoms with Crippen LogP contribution in [0.15, 0.2) is 33.7 Å². The second-order valence-electron chi connectivity index (χ2n) is 5.74. The molecule has 0 spiro atoms. The number of nitrogens with zero attached hydrogens (tertiary/aromatic N) is 1. The summed E-state index contributed by atoms with van der Waals surface area (Å²) in [6.45, 7) is 0.378. The Morgan fingerprint density at radius 2 is 2.09 bits per heavy atom. The highest BCUT2D eigenvalue weighted by Crippen LogP contribution is 2.33. The Labute approximate surface area is 130 Å². The van der Waals surface area contributed by atoms with Gasteiger partial charge in [0, 0.05) is 6.04 Å². The lowest BCUT2D eigenvalue weighted by Crippen LogP contribution is -2.41. The van der Waals surface area contributed by atoms with Gasteiger partial charge >= 0.3 is 0 Å². The van der Waals surface area contributed by atoms with Crippen molar-refractivity contribution in [3.05, 3.63) is 30.0 Å². The van der Waals surface area contributed by atoms with Crippen molar-refractivity contribution < 1.29 is 9.15 Å². The van der Waals surface area contributed by atoms with E-state index >= 15 is 0 Å². The van der Waals surface area contributed by atoms with Crippen LogP contribution in [0, 0.1) is 0 Å². The maximum atomic E-state index is 5.99. The highest BCUT2D eigenvalue weighted by Gasteiger charge is 2.15. The van der Waals surface area contributed by atoms with Crippen molar-refractivity contribution in [2.75, 3.05) is 7.11 Å². The molecule has 118 valence electrons. The number of furan rings is 1. The Bertz CT molecular complexity index is 657. The second kappa shape index (κ2) is 6.73. The van der Waals surface area contributed by atoms with E-state index in [9.17, 15) is 0 Å². The first-order chi connectivity index (χ1) is 10.8. The van der Waals surface area contributed by atoms with E-state index in [-0.39, 0.29) is 0 Å². The summed E-state index contributed by atoms with van der Waals surface area (Å²) >= 11 is 0. The minimum atomic E-state index is 0.378. The van der Waals surface area contributed by atoms with Crippen LogP contribution in [-0.2, 0) is 6.54 Å². The summed E-state index contributed by atoms with van der Waals surface area (Å²) in [5, 5.41) is 4.27. The third kappa shape index (κ3) is 3.18. The number of guanidine groups is 1. The molecule has 3 N–H and O–H groups in total. The smallest absolute Gasteiger partial charge is 0.189 e. The summed E-state index contributed by atoms with van der Waals surface area (Å²) < 4.78 is 11.3. The Morgan fingerprint density at radius 1 is 1.32 bits per heavy atom. The summed E-state index contributed by atoms with van der Waals surface area (Å²) in [4.78, 5) is 4.40. The molecule has 22 heavy (non-hydrogen) atoms. The predicted molar refractivity (Wildman–Crippen MR) is 88.1 cm³/mol. The van der Waals surface area contributed by atoms with Crippen LogP contribution < -0.4 is 15.8 Å². The molecule has 1 fully saturated rings. The first-order valence-electron chi connectivity index (χ1n) is 7.89. The van der Waals surface area contributed by atoms with Crippen LogP contribution in [0.2, 0.25) is 0 Å².